The Morgan fingerprint density at radius 3 is 2.72 bits per heavy atom. The maximum absolute atomic E-state index is 12.5. The van der Waals surface area contributed by atoms with Gasteiger partial charge in [0.25, 0.3) is 5.91 Å². The Morgan fingerprint density at radius 2 is 2.06 bits per heavy atom. The topological polar surface area (TPSA) is 40.5 Å². The van der Waals surface area contributed by atoms with Crippen LogP contribution in [0.25, 0.3) is 0 Å². The molecule has 1 fully saturated rings. The van der Waals surface area contributed by atoms with Gasteiger partial charge in [0, 0.05) is 12.6 Å². The molecule has 4 heteroatoms. The van der Waals surface area contributed by atoms with Gasteiger partial charge >= 0.3 is 0 Å². The van der Waals surface area contributed by atoms with Crippen LogP contribution in [-0.2, 0) is 11.2 Å². The van der Waals surface area contributed by atoms with E-state index in [1.165, 1.54) is 0 Å². The Morgan fingerprint density at radius 1 is 1.33 bits per heavy atom. The fourth-order valence-electron chi connectivity index (χ4n) is 2.52. The average Bonchev–Trinajstić information content (AvgIpc) is 2.41. The van der Waals surface area contributed by atoms with Gasteiger partial charge in [-0.1, -0.05) is 12.1 Å². The number of piperidine rings is 1. The van der Waals surface area contributed by atoms with Crippen LogP contribution >= 0.6 is 0 Å². The van der Waals surface area contributed by atoms with Crippen molar-refractivity contribution >= 4 is 5.91 Å². The lowest BCUT2D eigenvalue weighted by Crippen LogP contribution is -2.45. The molecule has 3 nitrogen and oxygen atoms in total. The maximum atomic E-state index is 12.5. The molecule has 1 aliphatic rings. The van der Waals surface area contributed by atoms with Crippen LogP contribution in [0.1, 0.15) is 24.8 Å². The summed E-state index contributed by atoms with van der Waals surface area (Å²) in [6.45, 7) is -0.252. The van der Waals surface area contributed by atoms with Gasteiger partial charge in [0.2, 0.25) is 0 Å². The Hall–Kier alpha value is -1.58. The number of likely N-dealkylation sites (tertiary alicyclic amines) is 1. The Bertz CT molecular complexity index is 405. The van der Waals surface area contributed by atoms with E-state index in [0.29, 0.717) is 6.54 Å². The first kappa shape index (κ1) is 12.9. The number of halogens is 1. The molecule has 0 radical (unpaired) electrons. The van der Waals surface area contributed by atoms with Crippen molar-refractivity contribution in [3.63, 3.8) is 0 Å². The van der Waals surface area contributed by atoms with Crippen molar-refractivity contribution in [3.8, 4) is 5.75 Å². The smallest absolute Gasteiger partial charge is 0.254 e. The van der Waals surface area contributed by atoms with E-state index in [-0.39, 0.29) is 11.8 Å². The molecule has 1 aromatic rings. The van der Waals surface area contributed by atoms with Gasteiger partial charge in [0.1, 0.15) is 5.75 Å². The number of alkyl halides is 1. The van der Waals surface area contributed by atoms with Gasteiger partial charge in [-0.05, 0) is 43.4 Å². The third-order valence-electron chi connectivity index (χ3n) is 3.47. The fraction of sp³-hybridized carbons (Fsp3) is 0.500. The first-order valence-corrected chi connectivity index (χ1v) is 6.34. The van der Waals surface area contributed by atoms with E-state index in [2.05, 4.69) is 0 Å². The number of nitrogens with zero attached hydrogens (tertiary/aromatic N) is 1. The molecule has 0 aliphatic carbocycles. The second-order valence-electron chi connectivity index (χ2n) is 4.74. The number of aromatic hydroxyl groups is 1. The van der Waals surface area contributed by atoms with Crippen LogP contribution in [0.2, 0.25) is 0 Å². The molecule has 0 saturated carbocycles. The van der Waals surface area contributed by atoms with Crippen molar-refractivity contribution in [3.05, 3.63) is 29.8 Å². The molecule has 1 amide bonds. The first-order valence-electron chi connectivity index (χ1n) is 6.34. The van der Waals surface area contributed by atoms with Crippen LogP contribution in [0.5, 0.6) is 5.75 Å². The molecule has 1 unspecified atom stereocenters. The third kappa shape index (κ3) is 3.00. The van der Waals surface area contributed by atoms with Crippen LogP contribution < -0.4 is 0 Å². The third-order valence-corrected chi connectivity index (χ3v) is 3.47. The number of carbonyl (C=O) groups excluding carboxylic acids is 1. The zero-order valence-electron chi connectivity index (χ0n) is 10.3. The predicted molar refractivity (Wildman–Crippen MR) is 67.1 cm³/mol. The van der Waals surface area contributed by atoms with Gasteiger partial charge in [-0.2, -0.15) is 0 Å². The number of hydrogen-bond acceptors (Lipinski definition) is 2. The van der Waals surface area contributed by atoms with E-state index in [9.17, 15) is 14.3 Å². The van der Waals surface area contributed by atoms with Crippen molar-refractivity contribution in [1.29, 1.82) is 0 Å². The van der Waals surface area contributed by atoms with Gasteiger partial charge < -0.3 is 10.0 Å². The minimum absolute atomic E-state index is 0.0894. The Labute approximate surface area is 106 Å². The SMILES string of the molecule is O=C(CF)N1CCCCC1Cc1ccc(O)cc1. The van der Waals surface area contributed by atoms with Gasteiger partial charge in [0.15, 0.2) is 6.67 Å². The van der Waals surface area contributed by atoms with Crippen LogP contribution in [0, 0.1) is 0 Å². The molecule has 1 aliphatic heterocycles. The second-order valence-corrected chi connectivity index (χ2v) is 4.74. The molecular weight excluding hydrogens is 233 g/mol. The summed E-state index contributed by atoms with van der Waals surface area (Å²) >= 11 is 0. The molecule has 1 atom stereocenters. The monoisotopic (exact) mass is 251 g/mol. The van der Waals surface area contributed by atoms with Gasteiger partial charge in [-0.3, -0.25) is 4.79 Å². The molecule has 1 heterocycles. The van der Waals surface area contributed by atoms with E-state index in [1.807, 2.05) is 12.1 Å². The zero-order chi connectivity index (χ0) is 13.0. The summed E-state index contributed by atoms with van der Waals surface area (Å²) in [5, 5.41) is 9.23. The van der Waals surface area contributed by atoms with Crippen molar-refractivity contribution in [1.82, 2.24) is 4.90 Å². The summed E-state index contributed by atoms with van der Waals surface area (Å²) in [4.78, 5) is 13.2. The molecular formula is C14H18FNO2. The van der Waals surface area contributed by atoms with Crippen LogP contribution in [0.4, 0.5) is 4.39 Å². The molecule has 0 bridgehead atoms. The fourth-order valence-corrected chi connectivity index (χ4v) is 2.52. The summed E-state index contributed by atoms with van der Waals surface area (Å²) in [6, 6.07) is 7.06. The number of rotatable bonds is 3. The van der Waals surface area contributed by atoms with Gasteiger partial charge in [-0.25, -0.2) is 4.39 Å². The second kappa shape index (κ2) is 5.85. The average molecular weight is 251 g/mol. The summed E-state index contributed by atoms with van der Waals surface area (Å²) in [6.07, 6.45) is 3.69. The zero-order valence-corrected chi connectivity index (χ0v) is 10.3. The highest BCUT2D eigenvalue weighted by Crippen LogP contribution is 2.22. The highest BCUT2D eigenvalue weighted by atomic mass is 19.1. The Balaban J connectivity index is 2.05. The molecule has 0 spiro atoms. The maximum Gasteiger partial charge on any atom is 0.254 e. The van der Waals surface area contributed by atoms with Crippen LogP contribution in [0.3, 0.4) is 0 Å². The minimum atomic E-state index is -0.911. The van der Waals surface area contributed by atoms with Crippen LogP contribution in [0.15, 0.2) is 24.3 Å². The molecule has 18 heavy (non-hydrogen) atoms. The molecule has 1 aromatic carbocycles. The number of benzene rings is 1. The quantitative estimate of drug-likeness (QED) is 0.895. The highest BCUT2D eigenvalue weighted by Gasteiger charge is 2.26. The minimum Gasteiger partial charge on any atom is -0.508 e. The van der Waals surface area contributed by atoms with Crippen molar-refractivity contribution in [2.24, 2.45) is 0 Å². The summed E-state index contributed by atoms with van der Waals surface area (Å²) in [5.74, 6) is -0.169. The Kier molecular flexibility index (Phi) is 4.18. The molecule has 1 N–H and O–H groups in total. The van der Waals surface area contributed by atoms with E-state index in [1.54, 1.807) is 17.0 Å². The van der Waals surface area contributed by atoms with E-state index in [0.717, 1.165) is 31.2 Å². The lowest BCUT2D eigenvalue weighted by Gasteiger charge is -2.35. The van der Waals surface area contributed by atoms with Gasteiger partial charge in [0.05, 0.1) is 0 Å². The molecule has 98 valence electrons. The van der Waals surface area contributed by atoms with E-state index >= 15 is 0 Å². The first-order chi connectivity index (χ1) is 8.70. The number of hydrogen-bond donors (Lipinski definition) is 1. The molecule has 2 rings (SSSR count). The molecule has 0 aromatic heterocycles. The lowest BCUT2D eigenvalue weighted by molar-refractivity contribution is -0.135. The molecule has 1 saturated heterocycles. The number of carbonyl (C=O) groups is 1. The summed E-state index contributed by atoms with van der Waals surface area (Å²) in [5.41, 5.74) is 1.07. The van der Waals surface area contributed by atoms with Crippen molar-refractivity contribution in [2.75, 3.05) is 13.2 Å². The normalized spacial score (nSPS) is 19.8. The van der Waals surface area contributed by atoms with Crippen LogP contribution in [-0.4, -0.2) is 35.2 Å². The van der Waals surface area contributed by atoms with E-state index < -0.39 is 12.6 Å². The summed E-state index contributed by atoms with van der Waals surface area (Å²) in [7, 11) is 0. The van der Waals surface area contributed by atoms with Gasteiger partial charge in [-0.15, -0.1) is 0 Å². The predicted octanol–water partition coefficient (Wildman–Crippen LogP) is 2.29. The highest BCUT2D eigenvalue weighted by molar-refractivity contribution is 5.77. The van der Waals surface area contributed by atoms with Crippen molar-refractivity contribution in [2.45, 2.75) is 31.7 Å². The number of amides is 1. The number of phenols is 1. The number of phenolic OH excluding ortho intramolecular Hbond substituents is 1. The lowest BCUT2D eigenvalue weighted by atomic mass is 9.95. The van der Waals surface area contributed by atoms with Crippen molar-refractivity contribution < 1.29 is 14.3 Å². The largest absolute Gasteiger partial charge is 0.508 e. The standard InChI is InChI=1S/C14H18FNO2/c15-10-14(18)16-8-2-1-3-12(16)9-11-4-6-13(17)7-5-11/h4-7,12,17H,1-3,8-10H2. The summed E-state index contributed by atoms with van der Waals surface area (Å²) < 4.78 is 12.5. The van der Waals surface area contributed by atoms with E-state index in [4.69, 9.17) is 0 Å².